The number of nitrogens with one attached hydrogen (secondary N) is 1. The first-order valence-corrected chi connectivity index (χ1v) is 5.27. The van der Waals surface area contributed by atoms with Crippen molar-refractivity contribution in [2.45, 2.75) is 25.9 Å². The molecule has 0 spiro atoms. The highest BCUT2D eigenvalue weighted by molar-refractivity contribution is 5.92. The summed E-state index contributed by atoms with van der Waals surface area (Å²) in [6, 6.07) is 0. The number of carboxylic acids is 1. The number of anilines is 1. The van der Waals surface area contributed by atoms with E-state index in [0.717, 1.165) is 6.42 Å². The van der Waals surface area contributed by atoms with Crippen LogP contribution in [0.15, 0.2) is 6.20 Å². The lowest BCUT2D eigenvalue weighted by atomic mass is 10.3. The zero-order valence-corrected chi connectivity index (χ0v) is 9.58. The summed E-state index contributed by atoms with van der Waals surface area (Å²) in [7, 11) is 0. The van der Waals surface area contributed by atoms with Gasteiger partial charge in [-0.2, -0.15) is 13.2 Å². The van der Waals surface area contributed by atoms with Gasteiger partial charge in [-0.1, -0.05) is 13.3 Å². The van der Waals surface area contributed by atoms with Crippen LogP contribution in [0.25, 0.3) is 0 Å². The molecule has 1 aromatic heterocycles. The molecule has 0 aliphatic carbocycles. The predicted molar refractivity (Wildman–Crippen MR) is 57.4 cm³/mol. The molecule has 0 saturated heterocycles. The molecule has 2 N–H and O–H groups in total. The van der Waals surface area contributed by atoms with Gasteiger partial charge < -0.3 is 10.4 Å². The second-order valence-electron chi connectivity index (χ2n) is 3.54. The predicted octanol–water partition coefficient (Wildman–Crippen LogP) is 2.41. The minimum Gasteiger partial charge on any atom is -0.477 e. The number of aromatic nitrogens is 2. The summed E-state index contributed by atoms with van der Waals surface area (Å²) in [5.74, 6) is -3.03. The molecule has 0 amide bonds. The molecule has 0 aliphatic rings. The number of rotatable bonds is 5. The molecule has 1 rings (SSSR count). The second-order valence-corrected chi connectivity index (χ2v) is 3.54. The third kappa shape index (κ3) is 3.57. The third-order valence-corrected chi connectivity index (χ3v) is 2.10. The summed E-state index contributed by atoms with van der Waals surface area (Å²) >= 11 is 0. The summed E-state index contributed by atoms with van der Waals surface area (Å²) in [6.07, 6.45) is -2.51. The van der Waals surface area contributed by atoms with Crippen molar-refractivity contribution in [1.82, 2.24) is 9.97 Å². The molecule has 0 unspecified atom stereocenters. The van der Waals surface area contributed by atoms with Crippen LogP contribution in [0.3, 0.4) is 0 Å². The molecule has 0 aromatic carbocycles. The van der Waals surface area contributed by atoms with Crippen LogP contribution in [0, 0.1) is 0 Å². The molecule has 8 heteroatoms. The van der Waals surface area contributed by atoms with Crippen LogP contribution in [0.2, 0.25) is 0 Å². The number of hydrogen-bond acceptors (Lipinski definition) is 4. The molecule has 5 nitrogen and oxygen atoms in total. The van der Waals surface area contributed by atoms with Gasteiger partial charge in [-0.15, -0.1) is 0 Å². The molecule has 0 atom stereocenters. The molecule has 1 heterocycles. The maximum Gasteiger partial charge on any atom is 0.451 e. The zero-order chi connectivity index (χ0) is 13.8. The maximum atomic E-state index is 12.4. The van der Waals surface area contributed by atoms with Gasteiger partial charge in [0.05, 0.1) is 0 Å². The lowest BCUT2D eigenvalue weighted by molar-refractivity contribution is -0.144. The van der Waals surface area contributed by atoms with E-state index < -0.39 is 18.0 Å². The van der Waals surface area contributed by atoms with Gasteiger partial charge in [0.25, 0.3) is 0 Å². The van der Waals surface area contributed by atoms with E-state index in [1.807, 2.05) is 6.92 Å². The summed E-state index contributed by atoms with van der Waals surface area (Å²) in [5.41, 5.74) is -0.376. The van der Waals surface area contributed by atoms with Gasteiger partial charge in [0.1, 0.15) is 11.4 Å². The first-order chi connectivity index (χ1) is 8.36. The van der Waals surface area contributed by atoms with E-state index >= 15 is 0 Å². The first-order valence-electron chi connectivity index (χ1n) is 5.27. The fourth-order valence-corrected chi connectivity index (χ4v) is 1.19. The minimum absolute atomic E-state index is 0.307. The van der Waals surface area contributed by atoms with Crippen molar-refractivity contribution in [3.8, 4) is 0 Å². The van der Waals surface area contributed by atoms with Gasteiger partial charge in [-0.25, -0.2) is 14.8 Å². The standard InChI is InChI=1S/C10H12F3N3O2/c1-2-3-4-14-7-6(8(17)18)5-15-9(16-7)10(11,12)13/h5H,2-4H2,1H3,(H,17,18)(H,14,15,16). The Bertz CT molecular complexity index is 435. The lowest BCUT2D eigenvalue weighted by Crippen LogP contribution is -2.16. The maximum absolute atomic E-state index is 12.4. The van der Waals surface area contributed by atoms with Gasteiger partial charge in [0.15, 0.2) is 0 Å². The number of carboxylic acid groups (broad SMARTS) is 1. The van der Waals surface area contributed by atoms with Crippen LogP contribution >= 0.6 is 0 Å². The molecular formula is C10H12F3N3O2. The van der Waals surface area contributed by atoms with Crippen LogP contribution in [-0.4, -0.2) is 27.6 Å². The molecule has 0 bridgehead atoms. The fourth-order valence-electron chi connectivity index (χ4n) is 1.19. The molecule has 0 aliphatic heterocycles. The van der Waals surface area contributed by atoms with Crippen LogP contribution in [0.5, 0.6) is 0 Å². The Kier molecular flexibility index (Phi) is 4.46. The topological polar surface area (TPSA) is 75.1 Å². The number of carbonyl (C=O) groups is 1. The Morgan fingerprint density at radius 3 is 2.67 bits per heavy atom. The van der Waals surface area contributed by atoms with E-state index in [9.17, 15) is 18.0 Å². The minimum atomic E-state index is -4.70. The number of aromatic carboxylic acids is 1. The van der Waals surface area contributed by atoms with Gasteiger partial charge in [0, 0.05) is 12.7 Å². The normalized spacial score (nSPS) is 11.3. The Morgan fingerprint density at radius 2 is 2.17 bits per heavy atom. The smallest absolute Gasteiger partial charge is 0.451 e. The monoisotopic (exact) mass is 263 g/mol. The highest BCUT2D eigenvalue weighted by atomic mass is 19.4. The van der Waals surface area contributed by atoms with E-state index in [1.54, 1.807) is 0 Å². The first kappa shape index (κ1) is 14.2. The summed E-state index contributed by atoms with van der Waals surface area (Å²) in [4.78, 5) is 17.0. The molecule has 100 valence electrons. The molecule has 0 saturated carbocycles. The van der Waals surface area contributed by atoms with Crippen molar-refractivity contribution < 1.29 is 23.1 Å². The summed E-state index contributed by atoms with van der Waals surface area (Å²) < 4.78 is 37.2. The SMILES string of the molecule is CCCCNc1nc(C(F)(F)F)ncc1C(=O)O. The van der Waals surface area contributed by atoms with Gasteiger partial charge in [-0.05, 0) is 6.42 Å². The quantitative estimate of drug-likeness (QED) is 0.798. The van der Waals surface area contributed by atoms with Crippen LogP contribution < -0.4 is 5.32 Å². The second kappa shape index (κ2) is 5.65. The molecular weight excluding hydrogens is 251 g/mol. The molecule has 1 aromatic rings. The Labute approximate surface area is 101 Å². The largest absolute Gasteiger partial charge is 0.477 e. The number of alkyl halides is 3. The molecule has 0 radical (unpaired) electrons. The lowest BCUT2D eigenvalue weighted by Gasteiger charge is -2.10. The number of hydrogen-bond donors (Lipinski definition) is 2. The molecule has 18 heavy (non-hydrogen) atoms. The third-order valence-electron chi connectivity index (χ3n) is 2.10. The average molecular weight is 263 g/mol. The van der Waals surface area contributed by atoms with Gasteiger partial charge in [-0.3, -0.25) is 0 Å². The summed E-state index contributed by atoms with van der Waals surface area (Å²) in [6.45, 7) is 2.26. The summed E-state index contributed by atoms with van der Waals surface area (Å²) in [5, 5.41) is 11.4. The van der Waals surface area contributed by atoms with Crippen molar-refractivity contribution in [2.75, 3.05) is 11.9 Å². The average Bonchev–Trinajstić information content (AvgIpc) is 2.27. The van der Waals surface area contributed by atoms with Gasteiger partial charge in [0.2, 0.25) is 5.82 Å². The Hall–Kier alpha value is -1.86. The van der Waals surface area contributed by atoms with Crippen molar-refractivity contribution in [2.24, 2.45) is 0 Å². The Balaban J connectivity index is 3.04. The zero-order valence-electron chi connectivity index (χ0n) is 9.58. The van der Waals surface area contributed by atoms with Crippen molar-refractivity contribution >= 4 is 11.8 Å². The van der Waals surface area contributed by atoms with Crippen molar-refractivity contribution in [3.63, 3.8) is 0 Å². The number of unbranched alkanes of at least 4 members (excludes halogenated alkanes) is 1. The van der Waals surface area contributed by atoms with Crippen LogP contribution in [0.1, 0.15) is 35.9 Å². The highest BCUT2D eigenvalue weighted by Crippen LogP contribution is 2.27. The number of halogens is 3. The highest BCUT2D eigenvalue weighted by Gasteiger charge is 2.35. The molecule has 0 fully saturated rings. The number of nitrogens with zero attached hydrogens (tertiary/aromatic N) is 2. The van der Waals surface area contributed by atoms with Crippen molar-refractivity contribution in [3.05, 3.63) is 17.6 Å². The van der Waals surface area contributed by atoms with E-state index in [2.05, 4.69) is 15.3 Å². The van der Waals surface area contributed by atoms with Crippen molar-refractivity contribution in [1.29, 1.82) is 0 Å². The van der Waals surface area contributed by atoms with E-state index in [0.29, 0.717) is 19.2 Å². The van der Waals surface area contributed by atoms with Gasteiger partial charge >= 0.3 is 12.1 Å². The van der Waals surface area contributed by atoms with Crippen LogP contribution in [0.4, 0.5) is 19.0 Å². The van der Waals surface area contributed by atoms with E-state index in [4.69, 9.17) is 5.11 Å². The van der Waals surface area contributed by atoms with Crippen LogP contribution in [-0.2, 0) is 6.18 Å². The Morgan fingerprint density at radius 1 is 1.50 bits per heavy atom. The van der Waals surface area contributed by atoms with E-state index in [-0.39, 0.29) is 11.4 Å². The fraction of sp³-hybridized carbons (Fsp3) is 0.500. The van der Waals surface area contributed by atoms with E-state index in [1.165, 1.54) is 0 Å².